The Morgan fingerprint density at radius 1 is 1.33 bits per heavy atom. The van der Waals surface area contributed by atoms with Gasteiger partial charge >= 0.3 is 0 Å². The molecule has 1 aliphatic carbocycles. The summed E-state index contributed by atoms with van der Waals surface area (Å²) >= 11 is 0. The van der Waals surface area contributed by atoms with E-state index in [4.69, 9.17) is 16.2 Å². The SMILES string of the molecule is NC(=O)COc1cccc(NC(=O)C2CCCC(N)C2)c1. The number of carbonyl (C=O) groups is 2. The zero-order valence-electron chi connectivity index (χ0n) is 11.9. The second-order valence-corrected chi connectivity index (χ2v) is 5.40. The molecule has 0 aromatic heterocycles. The van der Waals surface area contributed by atoms with Crippen molar-refractivity contribution in [1.82, 2.24) is 0 Å². The van der Waals surface area contributed by atoms with Gasteiger partial charge in [-0.2, -0.15) is 0 Å². The van der Waals surface area contributed by atoms with Gasteiger partial charge in [-0.3, -0.25) is 9.59 Å². The van der Waals surface area contributed by atoms with Crippen LogP contribution >= 0.6 is 0 Å². The predicted octanol–water partition coefficient (Wildman–Crippen LogP) is 1.01. The van der Waals surface area contributed by atoms with Gasteiger partial charge in [0.15, 0.2) is 6.61 Å². The summed E-state index contributed by atoms with van der Waals surface area (Å²) in [5, 5.41) is 2.87. The highest BCUT2D eigenvalue weighted by Gasteiger charge is 2.25. The third-order valence-corrected chi connectivity index (χ3v) is 3.57. The lowest BCUT2D eigenvalue weighted by Gasteiger charge is -2.25. The highest BCUT2D eigenvalue weighted by molar-refractivity contribution is 5.92. The number of ether oxygens (including phenoxy) is 1. The number of hydrogen-bond acceptors (Lipinski definition) is 4. The lowest BCUT2D eigenvalue weighted by atomic mass is 9.85. The van der Waals surface area contributed by atoms with Crippen molar-refractivity contribution in [3.05, 3.63) is 24.3 Å². The molecule has 0 spiro atoms. The highest BCUT2D eigenvalue weighted by atomic mass is 16.5. The molecule has 2 rings (SSSR count). The Kier molecular flexibility index (Phi) is 5.16. The van der Waals surface area contributed by atoms with Crippen LogP contribution in [0.2, 0.25) is 0 Å². The topological polar surface area (TPSA) is 107 Å². The van der Waals surface area contributed by atoms with Crippen LogP contribution in [-0.4, -0.2) is 24.5 Å². The van der Waals surface area contributed by atoms with Gasteiger partial charge in [-0.15, -0.1) is 0 Å². The maximum atomic E-state index is 12.2. The van der Waals surface area contributed by atoms with Crippen LogP contribution in [0.5, 0.6) is 5.75 Å². The fourth-order valence-electron chi connectivity index (χ4n) is 2.53. The Labute approximate surface area is 123 Å². The number of carbonyl (C=O) groups excluding carboxylic acids is 2. The van der Waals surface area contributed by atoms with Crippen LogP contribution in [0.3, 0.4) is 0 Å². The zero-order chi connectivity index (χ0) is 15.2. The molecule has 5 N–H and O–H groups in total. The van der Waals surface area contributed by atoms with Gasteiger partial charge in [-0.1, -0.05) is 12.5 Å². The Balaban J connectivity index is 1.94. The number of anilines is 1. The first-order valence-corrected chi connectivity index (χ1v) is 7.12. The van der Waals surface area contributed by atoms with E-state index in [1.807, 2.05) is 0 Å². The second kappa shape index (κ2) is 7.08. The van der Waals surface area contributed by atoms with Gasteiger partial charge in [0, 0.05) is 23.7 Å². The molecule has 0 aliphatic heterocycles. The summed E-state index contributed by atoms with van der Waals surface area (Å²) in [6.45, 7) is -0.186. The van der Waals surface area contributed by atoms with Gasteiger partial charge in [0.05, 0.1) is 0 Å². The number of nitrogens with one attached hydrogen (secondary N) is 1. The lowest BCUT2D eigenvalue weighted by molar-refractivity contribution is -0.121. The minimum atomic E-state index is -0.541. The quantitative estimate of drug-likeness (QED) is 0.752. The molecule has 2 unspecified atom stereocenters. The van der Waals surface area contributed by atoms with Crippen LogP contribution in [0.25, 0.3) is 0 Å². The minimum absolute atomic E-state index is 0.0165. The maximum Gasteiger partial charge on any atom is 0.255 e. The molecule has 2 amide bonds. The van der Waals surface area contributed by atoms with Crippen molar-refractivity contribution in [1.29, 1.82) is 0 Å². The van der Waals surface area contributed by atoms with Gasteiger partial charge in [-0.05, 0) is 31.4 Å². The summed E-state index contributed by atoms with van der Waals surface area (Å²) in [6.07, 6.45) is 3.57. The summed E-state index contributed by atoms with van der Waals surface area (Å²) in [7, 11) is 0. The molecule has 1 aromatic rings. The summed E-state index contributed by atoms with van der Waals surface area (Å²) < 4.78 is 5.21. The monoisotopic (exact) mass is 291 g/mol. The van der Waals surface area contributed by atoms with E-state index in [9.17, 15) is 9.59 Å². The van der Waals surface area contributed by atoms with Crippen molar-refractivity contribution in [2.75, 3.05) is 11.9 Å². The smallest absolute Gasteiger partial charge is 0.255 e. The summed E-state index contributed by atoms with van der Waals surface area (Å²) in [6, 6.07) is 7.01. The average Bonchev–Trinajstić information content (AvgIpc) is 2.45. The lowest BCUT2D eigenvalue weighted by Crippen LogP contribution is -2.34. The first-order chi connectivity index (χ1) is 10.0. The summed E-state index contributed by atoms with van der Waals surface area (Å²) in [5.74, 6) is -0.103. The number of primary amides is 1. The van der Waals surface area contributed by atoms with E-state index < -0.39 is 5.91 Å². The fourth-order valence-corrected chi connectivity index (χ4v) is 2.53. The minimum Gasteiger partial charge on any atom is -0.484 e. The summed E-state index contributed by atoms with van der Waals surface area (Å²) in [4.78, 5) is 22.9. The molecule has 0 heterocycles. The van der Waals surface area contributed by atoms with Crippen LogP contribution in [0.15, 0.2) is 24.3 Å². The van der Waals surface area contributed by atoms with Crippen molar-refractivity contribution in [2.24, 2.45) is 17.4 Å². The van der Waals surface area contributed by atoms with E-state index in [0.29, 0.717) is 11.4 Å². The standard InChI is InChI=1S/C15H21N3O3/c16-11-4-1-3-10(7-11)15(20)18-12-5-2-6-13(8-12)21-9-14(17)19/h2,5-6,8,10-11H,1,3-4,7,9,16H2,(H2,17,19)(H,18,20). The maximum absolute atomic E-state index is 12.2. The molecule has 21 heavy (non-hydrogen) atoms. The first-order valence-electron chi connectivity index (χ1n) is 7.12. The molecule has 6 nitrogen and oxygen atoms in total. The van der Waals surface area contributed by atoms with Gasteiger partial charge in [0.2, 0.25) is 5.91 Å². The van der Waals surface area contributed by atoms with Crippen molar-refractivity contribution in [2.45, 2.75) is 31.7 Å². The molecule has 1 saturated carbocycles. The Hall–Kier alpha value is -2.08. The average molecular weight is 291 g/mol. The van der Waals surface area contributed by atoms with Crippen molar-refractivity contribution in [3.8, 4) is 5.75 Å². The Morgan fingerprint density at radius 2 is 2.14 bits per heavy atom. The molecule has 1 aromatic carbocycles. The molecule has 0 radical (unpaired) electrons. The largest absolute Gasteiger partial charge is 0.484 e. The predicted molar refractivity (Wildman–Crippen MR) is 79.7 cm³/mol. The van der Waals surface area contributed by atoms with Crippen LogP contribution in [0.4, 0.5) is 5.69 Å². The van der Waals surface area contributed by atoms with Gasteiger partial charge < -0.3 is 21.5 Å². The van der Waals surface area contributed by atoms with Gasteiger partial charge in [0.25, 0.3) is 5.91 Å². The van der Waals surface area contributed by atoms with E-state index in [-0.39, 0.29) is 24.5 Å². The van der Waals surface area contributed by atoms with Crippen LogP contribution < -0.4 is 21.5 Å². The van der Waals surface area contributed by atoms with Gasteiger partial charge in [-0.25, -0.2) is 0 Å². The van der Waals surface area contributed by atoms with Crippen LogP contribution in [-0.2, 0) is 9.59 Å². The fraction of sp³-hybridized carbons (Fsp3) is 0.467. The Bertz CT molecular complexity index is 519. The van der Waals surface area contributed by atoms with Crippen molar-refractivity contribution < 1.29 is 14.3 Å². The number of nitrogens with two attached hydrogens (primary N) is 2. The van der Waals surface area contributed by atoms with E-state index in [1.54, 1.807) is 24.3 Å². The van der Waals surface area contributed by atoms with Crippen molar-refractivity contribution >= 4 is 17.5 Å². The third kappa shape index (κ3) is 4.75. The zero-order valence-corrected chi connectivity index (χ0v) is 11.9. The number of benzene rings is 1. The molecule has 2 atom stereocenters. The van der Waals surface area contributed by atoms with Crippen LogP contribution in [0, 0.1) is 5.92 Å². The highest BCUT2D eigenvalue weighted by Crippen LogP contribution is 2.25. The first kappa shape index (κ1) is 15.3. The number of hydrogen-bond donors (Lipinski definition) is 3. The molecule has 0 saturated heterocycles. The second-order valence-electron chi connectivity index (χ2n) is 5.40. The van der Waals surface area contributed by atoms with Crippen LogP contribution in [0.1, 0.15) is 25.7 Å². The molecule has 6 heteroatoms. The van der Waals surface area contributed by atoms with E-state index >= 15 is 0 Å². The Morgan fingerprint density at radius 3 is 2.86 bits per heavy atom. The third-order valence-electron chi connectivity index (χ3n) is 3.57. The molecule has 114 valence electrons. The van der Waals surface area contributed by atoms with Gasteiger partial charge in [0.1, 0.15) is 5.75 Å². The molecule has 1 aliphatic rings. The molecule has 1 fully saturated rings. The normalized spacial score (nSPS) is 21.6. The molecular weight excluding hydrogens is 270 g/mol. The van der Waals surface area contributed by atoms with E-state index in [0.717, 1.165) is 25.7 Å². The summed E-state index contributed by atoms with van der Waals surface area (Å²) in [5.41, 5.74) is 11.6. The van der Waals surface area contributed by atoms with E-state index in [2.05, 4.69) is 5.32 Å². The van der Waals surface area contributed by atoms with Crippen molar-refractivity contribution in [3.63, 3.8) is 0 Å². The van der Waals surface area contributed by atoms with E-state index in [1.165, 1.54) is 0 Å². The molecular formula is C15H21N3O3. The molecule has 0 bridgehead atoms. The number of rotatable bonds is 5. The number of amides is 2.